The van der Waals surface area contributed by atoms with Crippen LogP contribution in [0.1, 0.15) is 25.8 Å². The lowest BCUT2D eigenvalue weighted by Crippen LogP contribution is -2.45. The molecule has 8 heteroatoms. The van der Waals surface area contributed by atoms with Crippen molar-refractivity contribution in [3.8, 4) is 17.2 Å². The molecular weight excluding hydrogens is 322 g/mol. The summed E-state index contributed by atoms with van der Waals surface area (Å²) in [6.45, 7) is 0.946. The number of fused-ring (bicyclic) bond motifs is 1. The minimum absolute atomic E-state index is 0.0144. The number of amides is 1. The molecule has 6 nitrogen and oxygen atoms in total. The van der Waals surface area contributed by atoms with E-state index < -0.39 is 12.7 Å². The molecule has 0 bridgehead atoms. The summed E-state index contributed by atoms with van der Waals surface area (Å²) < 4.78 is 40.2. The highest BCUT2D eigenvalue weighted by Gasteiger charge is 2.25. The standard InChI is InChI=1S/C16H22F2N2O4/c1-4-9(2)14(19)15(21)20(3)7-10-5-12-13(23-8-22-12)6-11(10)24-16(17)18/h5-6,9,14,16H,4,7-8,19H2,1-3H3. The fourth-order valence-electron chi connectivity index (χ4n) is 2.38. The molecule has 0 saturated carbocycles. The molecule has 0 aromatic heterocycles. The Hall–Kier alpha value is -2.09. The van der Waals surface area contributed by atoms with Gasteiger partial charge >= 0.3 is 6.61 Å². The molecule has 24 heavy (non-hydrogen) atoms. The monoisotopic (exact) mass is 344 g/mol. The summed E-state index contributed by atoms with van der Waals surface area (Å²) in [6.07, 6.45) is 0.768. The lowest BCUT2D eigenvalue weighted by Gasteiger charge is -2.25. The zero-order valence-electron chi connectivity index (χ0n) is 13.9. The smallest absolute Gasteiger partial charge is 0.387 e. The molecule has 1 amide bonds. The molecule has 1 aromatic carbocycles. The summed E-state index contributed by atoms with van der Waals surface area (Å²) >= 11 is 0. The average molecular weight is 344 g/mol. The van der Waals surface area contributed by atoms with Crippen LogP contribution in [-0.4, -0.2) is 37.3 Å². The van der Waals surface area contributed by atoms with Crippen molar-refractivity contribution in [3.63, 3.8) is 0 Å². The molecule has 0 spiro atoms. The quantitative estimate of drug-likeness (QED) is 0.822. The SMILES string of the molecule is CCC(C)C(N)C(=O)N(C)Cc1cc2c(cc1OC(F)F)OCO2. The Balaban J connectivity index is 2.19. The van der Waals surface area contributed by atoms with Crippen molar-refractivity contribution in [2.45, 2.75) is 39.5 Å². The van der Waals surface area contributed by atoms with Gasteiger partial charge in [-0.2, -0.15) is 8.78 Å². The van der Waals surface area contributed by atoms with Gasteiger partial charge in [0.25, 0.3) is 0 Å². The van der Waals surface area contributed by atoms with Gasteiger partial charge in [-0.3, -0.25) is 4.79 Å². The second-order valence-corrected chi connectivity index (χ2v) is 5.80. The maximum absolute atomic E-state index is 12.6. The largest absolute Gasteiger partial charge is 0.454 e. The van der Waals surface area contributed by atoms with E-state index in [4.69, 9.17) is 15.2 Å². The van der Waals surface area contributed by atoms with Gasteiger partial charge in [0.05, 0.1) is 6.04 Å². The van der Waals surface area contributed by atoms with Crippen LogP contribution in [0.4, 0.5) is 8.78 Å². The second-order valence-electron chi connectivity index (χ2n) is 5.80. The third-order valence-electron chi connectivity index (χ3n) is 4.10. The third kappa shape index (κ3) is 4.05. The molecule has 0 aliphatic carbocycles. The molecular formula is C16H22F2N2O4. The Kier molecular flexibility index (Phi) is 5.82. The first kappa shape index (κ1) is 18.3. The predicted octanol–water partition coefficient (Wildman–Crippen LogP) is 2.35. The van der Waals surface area contributed by atoms with Crippen molar-refractivity contribution in [3.05, 3.63) is 17.7 Å². The first-order valence-corrected chi connectivity index (χ1v) is 7.71. The van der Waals surface area contributed by atoms with Crippen LogP contribution < -0.4 is 19.9 Å². The van der Waals surface area contributed by atoms with E-state index in [9.17, 15) is 13.6 Å². The minimum Gasteiger partial charge on any atom is -0.454 e. The van der Waals surface area contributed by atoms with Crippen LogP contribution in [-0.2, 0) is 11.3 Å². The van der Waals surface area contributed by atoms with Gasteiger partial charge in [0.2, 0.25) is 12.7 Å². The van der Waals surface area contributed by atoms with Crippen LogP contribution >= 0.6 is 0 Å². The predicted molar refractivity (Wildman–Crippen MR) is 83.1 cm³/mol. The summed E-state index contributed by atoms with van der Waals surface area (Å²) in [5, 5.41) is 0. The van der Waals surface area contributed by atoms with E-state index in [2.05, 4.69) is 4.74 Å². The van der Waals surface area contributed by atoms with Crippen LogP contribution in [0.25, 0.3) is 0 Å². The number of alkyl halides is 2. The Bertz CT molecular complexity index is 598. The summed E-state index contributed by atoms with van der Waals surface area (Å²) in [6, 6.07) is 2.24. The van der Waals surface area contributed by atoms with E-state index in [0.717, 1.165) is 6.42 Å². The Labute approximate surface area is 139 Å². The lowest BCUT2D eigenvalue weighted by atomic mass is 9.99. The molecule has 0 radical (unpaired) electrons. The fraction of sp³-hybridized carbons (Fsp3) is 0.562. The number of rotatable bonds is 7. The molecule has 1 aliphatic rings. The maximum atomic E-state index is 12.6. The third-order valence-corrected chi connectivity index (χ3v) is 4.10. The maximum Gasteiger partial charge on any atom is 0.387 e. The number of nitrogens with zero attached hydrogens (tertiary/aromatic N) is 1. The van der Waals surface area contributed by atoms with E-state index >= 15 is 0 Å². The molecule has 0 saturated heterocycles. The van der Waals surface area contributed by atoms with Gasteiger partial charge in [0.1, 0.15) is 5.75 Å². The number of ether oxygens (including phenoxy) is 3. The minimum atomic E-state index is -2.98. The molecule has 2 atom stereocenters. The van der Waals surface area contributed by atoms with E-state index in [0.29, 0.717) is 17.1 Å². The molecule has 1 aromatic rings. The van der Waals surface area contributed by atoms with Gasteiger partial charge < -0.3 is 24.8 Å². The number of halogens is 2. The van der Waals surface area contributed by atoms with Crippen molar-refractivity contribution in [1.29, 1.82) is 0 Å². The average Bonchev–Trinajstić information content (AvgIpc) is 2.99. The topological polar surface area (TPSA) is 74.0 Å². The number of carbonyl (C=O) groups excluding carboxylic acids is 1. The number of hydrogen-bond donors (Lipinski definition) is 1. The van der Waals surface area contributed by atoms with Crippen molar-refractivity contribution < 1.29 is 27.8 Å². The van der Waals surface area contributed by atoms with Crippen LogP contribution in [0.15, 0.2) is 12.1 Å². The molecule has 1 heterocycles. The van der Waals surface area contributed by atoms with Crippen LogP contribution in [0.2, 0.25) is 0 Å². The first-order chi connectivity index (χ1) is 11.3. The van der Waals surface area contributed by atoms with Crippen molar-refractivity contribution >= 4 is 5.91 Å². The fourth-order valence-corrected chi connectivity index (χ4v) is 2.38. The van der Waals surface area contributed by atoms with Crippen LogP contribution in [0.3, 0.4) is 0 Å². The Morgan fingerprint density at radius 3 is 2.58 bits per heavy atom. The van der Waals surface area contributed by atoms with E-state index in [1.54, 1.807) is 13.1 Å². The van der Waals surface area contributed by atoms with Gasteiger partial charge in [-0.05, 0) is 12.0 Å². The first-order valence-electron chi connectivity index (χ1n) is 7.71. The Morgan fingerprint density at radius 2 is 2.00 bits per heavy atom. The number of nitrogens with two attached hydrogens (primary N) is 1. The van der Waals surface area contributed by atoms with Crippen molar-refractivity contribution in [2.24, 2.45) is 11.7 Å². The van der Waals surface area contributed by atoms with Crippen LogP contribution in [0.5, 0.6) is 17.2 Å². The van der Waals surface area contributed by atoms with Gasteiger partial charge in [-0.25, -0.2) is 0 Å². The van der Waals surface area contributed by atoms with Gasteiger partial charge in [0.15, 0.2) is 11.5 Å². The highest BCUT2D eigenvalue weighted by Crippen LogP contribution is 2.39. The number of benzene rings is 1. The van der Waals surface area contributed by atoms with Gasteiger partial charge in [-0.1, -0.05) is 20.3 Å². The van der Waals surface area contributed by atoms with Gasteiger partial charge in [-0.15, -0.1) is 0 Å². The van der Waals surface area contributed by atoms with Crippen LogP contribution in [0, 0.1) is 5.92 Å². The van der Waals surface area contributed by atoms with E-state index in [1.807, 2.05) is 13.8 Å². The number of carbonyl (C=O) groups is 1. The second kappa shape index (κ2) is 7.65. The number of hydrogen-bond acceptors (Lipinski definition) is 5. The Morgan fingerprint density at radius 1 is 1.38 bits per heavy atom. The molecule has 0 fully saturated rings. The zero-order valence-corrected chi connectivity index (χ0v) is 13.9. The number of likely N-dealkylation sites (N-methyl/N-ethyl adjacent to an activating group) is 1. The zero-order chi connectivity index (χ0) is 17.9. The van der Waals surface area contributed by atoms with Gasteiger partial charge in [0, 0.05) is 25.2 Å². The molecule has 134 valence electrons. The molecule has 1 aliphatic heterocycles. The summed E-state index contributed by atoms with van der Waals surface area (Å²) in [7, 11) is 1.57. The highest BCUT2D eigenvalue weighted by molar-refractivity contribution is 5.81. The van der Waals surface area contributed by atoms with E-state index in [-0.39, 0.29) is 30.9 Å². The molecule has 2 rings (SSSR count). The summed E-state index contributed by atoms with van der Waals surface area (Å²) in [4.78, 5) is 13.8. The van der Waals surface area contributed by atoms with E-state index in [1.165, 1.54) is 11.0 Å². The summed E-state index contributed by atoms with van der Waals surface area (Å²) in [5.41, 5.74) is 6.34. The lowest BCUT2D eigenvalue weighted by molar-refractivity contribution is -0.133. The highest BCUT2D eigenvalue weighted by atomic mass is 19.3. The van der Waals surface area contributed by atoms with Crippen molar-refractivity contribution in [1.82, 2.24) is 4.90 Å². The molecule has 2 unspecified atom stereocenters. The van der Waals surface area contributed by atoms with Crippen molar-refractivity contribution in [2.75, 3.05) is 13.8 Å². The summed E-state index contributed by atoms with van der Waals surface area (Å²) in [5.74, 6) is 0.475. The normalized spacial score (nSPS) is 15.3. The molecule has 2 N–H and O–H groups in total.